The molecule has 0 radical (unpaired) electrons. The number of methoxy groups -OCH3 is 1. The van der Waals surface area contributed by atoms with Crippen molar-refractivity contribution in [3.63, 3.8) is 0 Å². The van der Waals surface area contributed by atoms with Crippen LogP contribution in [0, 0.1) is 45.8 Å². The Hall–Kier alpha value is -0.540. The Bertz CT molecular complexity index is 715. The lowest BCUT2D eigenvalue weighted by molar-refractivity contribution is -0.178. The third-order valence-corrected chi connectivity index (χ3v) is 11.4. The third kappa shape index (κ3) is 2.08. The molecule has 0 amide bonds. The molecule has 3 nitrogen and oxygen atoms in total. The summed E-state index contributed by atoms with van der Waals surface area (Å²) < 4.78 is 5.80. The van der Waals surface area contributed by atoms with E-state index < -0.39 is 5.60 Å². The van der Waals surface area contributed by atoms with Crippen LogP contribution >= 0.6 is 0 Å². The first-order valence-corrected chi connectivity index (χ1v) is 12.3. The number of rotatable bonds is 4. The molecular weight excluding hydrogens is 360 g/mol. The van der Waals surface area contributed by atoms with Crippen LogP contribution in [0.2, 0.25) is 0 Å². The second-order valence-electron chi connectivity index (χ2n) is 12.2. The van der Waals surface area contributed by atoms with Gasteiger partial charge >= 0.3 is 0 Å². The summed E-state index contributed by atoms with van der Waals surface area (Å²) in [7, 11) is 1.69. The third-order valence-electron chi connectivity index (χ3n) is 11.4. The van der Waals surface area contributed by atoms with Gasteiger partial charge in [-0.1, -0.05) is 47.0 Å². The van der Waals surface area contributed by atoms with Gasteiger partial charge in [-0.3, -0.25) is 0 Å². The predicted octanol–water partition coefficient (Wildman–Crippen LogP) is 5.87. The molecule has 164 valence electrons. The summed E-state index contributed by atoms with van der Waals surface area (Å²) in [5.74, 6) is 3.39. The van der Waals surface area contributed by atoms with Crippen LogP contribution in [0.1, 0.15) is 85.5 Å². The average Bonchev–Trinajstić information content (AvgIpc) is 3.15. The number of hydrogen-bond acceptors (Lipinski definition) is 3. The summed E-state index contributed by atoms with van der Waals surface area (Å²) in [4.78, 5) is 0. The molecule has 0 aromatic heterocycles. The van der Waals surface area contributed by atoms with Gasteiger partial charge in [0.25, 0.3) is 0 Å². The normalized spacial score (nSPS) is 55.6. The molecular formula is C26H42O3. The summed E-state index contributed by atoms with van der Waals surface area (Å²) in [5, 5.41) is 23.4. The Morgan fingerprint density at radius 2 is 1.90 bits per heavy atom. The highest BCUT2D eigenvalue weighted by Crippen LogP contribution is 2.86. The minimum absolute atomic E-state index is 0.0332. The van der Waals surface area contributed by atoms with Crippen LogP contribution in [-0.4, -0.2) is 29.0 Å². The molecule has 4 saturated carbocycles. The van der Waals surface area contributed by atoms with E-state index in [-0.39, 0.29) is 28.3 Å². The van der Waals surface area contributed by atoms with Crippen LogP contribution in [0.3, 0.4) is 0 Å². The Morgan fingerprint density at radius 1 is 1.14 bits per heavy atom. The van der Waals surface area contributed by atoms with Crippen LogP contribution in [0.5, 0.6) is 0 Å². The fourth-order valence-electron chi connectivity index (χ4n) is 10.1. The number of ether oxygens (including phenoxy) is 1. The highest BCUT2D eigenvalue weighted by Gasteiger charge is 2.87. The van der Waals surface area contributed by atoms with Crippen LogP contribution in [0.15, 0.2) is 11.8 Å². The zero-order valence-corrected chi connectivity index (χ0v) is 19.2. The molecule has 0 heterocycles. The van der Waals surface area contributed by atoms with Crippen molar-refractivity contribution >= 4 is 0 Å². The maximum atomic E-state index is 12.3. The zero-order chi connectivity index (χ0) is 20.8. The van der Waals surface area contributed by atoms with Gasteiger partial charge in [-0.25, -0.2) is 0 Å². The molecule has 29 heavy (non-hydrogen) atoms. The number of fused-ring (bicyclic) bond motifs is 3. The number of aliphatic hydroxyl groups is 2. The summed E-state index contributed by atoms with van der Waals surface area (Å²) in [6.07, 6.45) is 12.9. The molecule has 2 bridgehead atoms. The smallest absolute Gasteiger partial charge is 0.111 e. The fraction of sp³-hybridized carbons (Fsp3) is 0.923. The average molecular weight is 403 g/mol. The van der Waals surface area contributed by atoms with Gasteiger partial charge in [0.1, 0.15) is 11.7 Å². The highest BCUT2D eigenvalue weighted by molar-refractivity contribution is 5.42. The SMILES string of the molecule is COC1C=C(O)C2C34CCC5C(CCC(C)C)CCCC5C3(C)C(C)(CC4)C12O. The van der Waals surface area contributed by atoms with Crippen LogP contribution < -0.4 is 0 Å². The second-order valence-corrected chi connectivity index (χ2v) is 12.2. The van der Waals surface area contributed by atoms with Crippen molar-refractivity contribution in [2.75, 3.05) is 7.11 Å². The van der Waals surface area contributed by atoms with E-state index in [1.54, 1.807) is 7.11 Å². The van der Waals surface area contributed by atoms with Crippen LogP contribution in [0.25, 0.3) is 0 Å². The van der Waals surface area contributed by atoms with E-state index in [1.165, 1.54) is 44.9 Å². The van der Waals surface area contributed by atoms with Gasteiger partial charge in [0.05, 0.1) is 11.7 Å². The quantitative estimate of drug-likeness (QED) is 0.618. The molecule has 2 N–H and O–H groups in total. The van der Waals surface area contributed by atoms with Gasteiger partial charge in [-0.05, 0) is 79.1 Å². The van der Waals surface area contributed by atoms with Crippen molar-refractivity contribution in [1.82, 2.24) is 0 Å². The molecule has 3 heteroatoms. The molecule has 5 rings (SSSR count). The summed E-state index contributed by atoms with van der Waals surface area (Å²) in [6, 6.07) is 0. The molecule has 5 aliphatic rings. The van der Waals surface area contributed by atoms with E-state index in [0.29, 0.717) is 11.7 Å². The lowest BCUT2D eigenvalue weighted by atomic mass is 9.44. The molecule has 9 atom stereocenters. The molecule has 0 aromatic carbocycles. The largest absolute Gasteiger partial charge is 0.512 e. The van der Waals surface area contributed by atoms with Crippen molar-refractivity contribution in [2.24, 2.45) is 45.8 Å². The standard InChI is InChI=1S/C26H42O3/c1-16(2)9-10-17-7-6-8-19-18(17)11-12-25-14-13-23(3,24(19,25)4)26(28)21(29-5)15-20(27)22(25)26/h15-19,21-22,27-28H,6-14H2,1-5H3. The Morgan fingerprint density at radius 3 is 2.59 bits per heavy atom. The minimum Gasteiger partial charge on any atom is -0.512 e. The van der Waals surface area contributed by atoms with Crippen LogP contribution in [-0.2, 0) is 4.74 Å². The van der Waals surface area contributed by atoms with E-state index in [9.17, 15) is 10.2 Å². The van der Waals surface area contributed by atoms with E-state index in [0.717, 1.165) is 30.6 Å². The predicted molar refractivity (Wildman–Crippen MR) is 115 cm³/mol. The van der Waals surface area contributed by atoms with Crippen molar-refractivity contribution in [2.45, 2.75) is 97.2 Å². The van der Waals surface area contributed by atoms with E-state index in [1.807, 2.05) is 6.08 Å². The number of hydrogen-bond donors (Lipinski definition) is 2. The van der Waals surface area contributed by atoms with Crippen molar-refractivity contribution in [3.8, 4) is 0 Å². The summed E-state index contributed by atoms with van der Waals surface area (Å²) in [5.41, 5.74) is -1.04. The molecule has 4 fully saturated rings. The van der Waals surface area contributed by atoms with Crippen molar-refractivity contribution in [3.05, 3.63) is 11.8 Å². The van der Waals surface area contributed by atoms with Gasteiger partial charge in [0.15, 0.2) is 0 Å². The van der Waals surface area contributed by atoms with Gasteiger partial charge in [0.2, 0.25) is 0 Å². The molecule has 0 spiro atoms. The highest BCUT2D eigenvalue weighted by atomic mass is 16.5. The molecule has 0 saturated heterocycles. The van der Waals surface area contributed by atoms with E-state index in [4.69, 9.17) is 4.74 Å². The Labute approximate surface area is 177 Å². The van der Waals surface area contributed by atoms with Crippen molar-refractivity contribution < 1.29 is 14.9 Å². The van der Waals surface area contributed by atoms with Gasteiger partial charge < -0.3 is 14.9 Å². The minimum atomic E-state index is -0.960. The van der Waals surface area contributed by atoms with Gasteiger partial charge in [-0.15, -0.1) is 0 Å². The van der Waals surface area contributed by atoms with E-state index >= 15 is 0 Å². The monoisotopic (exact) mass is 402 g/mol. The molecule has 0 aromatic rings. The second kappa shape index (κ2) is 6.25. The maximum absolute atomic E-state index is 12.3. The number of aliphatic hydroxyl groups excluding tert-OH is 1. The summed E-state index contributed by atoms with van der Waals surface area (Å²) in [6.45, 7) is 9.59. The molecule has 9 unspecified atom stereocenters. The lowest BCUT2D eigenvalue weighted by Crippen LogP contribution is -2.58. The Kier molecular flexibility index (Phi) is 4.39. The topological polar surface area (TPSA) is 49.7 Å². The van der Waals surface area contributed by atoms with Gasteiger partial charge in [-0.2, -0.15) is 0 Å². The van der Waals surface area contributed by atoms with Crippen LogP contribution in [0.4, 0.5) is 0 Å². The molecule has 0 aliphatic heterocycles. The summed E-state index contributed by atoms with van der Waals surface area (Å²) >= 11 is 0. The lowest BCUT2D eigenvalue weighted by Gasteiger charge is -2.60. The first-order chi connectivity index (χ1) is 13.7. The molecule has 5 aliphatic carbocycles. The first-order valence-electron chi connectivity index (χ1n) is 12.3. The maximum Gasteiger partial charge on any atom is 0.111 e. The first kappa shape index (κ1) is 20.4. The Balaban J connectivity index is 1.58. The van der Waals surface area contributed by atoms with Gasteiger partial charge in [0, 0.05) is 12.5 Å². The fourth-order valence-corrected chi connectivity index (χ4v) is 10.1. The zero-order valence-electron chi connectivity index (χ0n) is 19.2. The van der Waals surface area contributed by atoms with Crippen molar-refractivity contribution in [1.29, 1.82) is 0 Å². The van der Waals surface area contributed by atoms with E-state index in [2.05, 4.69) is 27.7 Å².